The van der Waals surface area contributed by atoms with Crippen LogP contribution in [-0.4, -0.2) is 57.9 Å². The number of hydrogen-bond donors (Lipinski definition) is 2. The first-order valence-corrected chi connectivity index (χ1v) is 7.77. The average Bonchev–Trinajstić information content (AvgIpc) is 2.91. The van der Waals surface area contributed by atoms with E-state index in [0.29, 0.717) is 26.2 Å². The number of nitrogens with zero attached hydrogens (tertiary/aromatic N) is 2. The van der Waals surface area contributed by atoms with Gasteiger partial charge in [0.05, 0.1) is 0 Å². The number of carbonyl (C=O) groups is 2. The van der Waals surface area contributed by atoms with Gasteiger partial charge in [0.25, 0.3) is 0 Å². The third kappa shape index (κ3) is 2.94. The van der Waals surface area contributed by atoms with E-state index in [1.165, 1.54) is 0 Å². The molecule has 2 heterocycles. The lowest BCUT2D eigenvalue weighted by molar-refractivity contribution is -0.144. The standard InChI is InChI=1S/C17H21N3O3/c1-11-3-4-15-13(9-11)14(10-18-15)16(17(22)23)20-7-5-19(6-8-20)12(2)21/h3-4,9-10,16,18H,5-8H2,1-2H3,(H,22,23)/t16-/m0/s1. The van der Waals surface area contributed by atoms with Gasteiger partial charge in [0.15, 0.2) is 0 Å². The molecule has 1 aromatic heterocycles. The monoisotopic (exact) mass is 315 g/mol. The Kier molecular flexibility index (Phi) is 4.09. The van der Waals surface area contributed by atoms with Crippen molar-refractivity contribution < 1.29 is 14.7 Å². The predicted octanol–water partition coefficient (Wildman–Crippen LogP) is 1.77. The number of aliphatic carboxylic acids is 1. The first kappa shape index (κ1) is 15.6. The summed E-state index contributed by atoms with van der Waals surface area (Å²) in [4.78, 5) is 30.2. The van der Waals surface area contributed by atoms with Crippen LogP contribution in [0.2, 0.25) is 0 Å². The molecule has 1 amide bonds. The van der Waals surface area contributed by atoms with E-state index < -0.39 is 12.0 Å². The maximum absolute atomic E-state index is 11.9. The van der Waals surface area contributed by atoms with E-state index >= 15 is 0 Å². The van der Waals surface area contributed by atoms with Crippen LogP contribution in [0.1, 0.15) is 24.1 Å². The van der Waals surface area contributed by atoms with Crippen LogP contribution in [0.5, 0.6) is 0 Å². The van der Waals surface area contributed by atoms with Gasteiger partial charge in [0, 0.05) is 55.8 Å². The molecule has 3 rings (SSSR count). The highest BCUT2D eigenvalue weighted by Gasteiger charge is 2.32. The Labute approximate surface area is 134 Å². The second kappa shape index (κ2) is 6.04. The summed E-state index contributed by atoms with van der Waals surface area (Å²) in [5.74, 6) is -0.817. The van der Waals surface area contributed by atoms with Gasteiger partial charge in [0.1, 0.15) is 6.04 Å². The number of aryl methyl sites for hydroxylation is 1. The molecule has 0 aliphatic carbocycles. The normalized spacial score (nSPS) is 17.4. The number of carbonyl (C=O) groups excluding carboxylic acids is 1. The number of aromatic nitrogens is 1. The molecule has 0 unspecified atom stereocenters. The van der Waals surface area contributed by atoms with Gasteiger partial charge < -0.3 is 15.0 Å². The van der Waals surface area contributed by atoms with Gasteiger partial charge in [-0.1, -0.05) is 11.6 Å². The van der Waals surface area contributed by atoms with E-state index in [4.69, 9.17) is 0 Å². The molecule has 23 heavy (non-hydrogen) atoms. The fourth-order valence-electron chi connectivity index (χ4n) is 3.26. The van der Waals surface area contributed by atoms with E-state index in [2.05, 4.69) is 4.98 Å². The molecule has 6 nitrogen and oxygen atoms in total. The number of carboxylic acids is 1. The Balaban J connectivity index is 1.91. The highest BCUT2D eigenvalue weighted by atomic mass is 16.4. The minimum absolute atomic E-state index is 0.0410. The predicted molar refractivity (Wildman–Crippen MR) is 87.2 cm³/mol. The second-order valence-corrected chi connectivity index (χ2v) is 6.08. The van der Waals surface area contributed by atoms with Crippen LogP contribution >= 0.6 is 0 Å². The molecule has 2 N–H and O–H groups in total. The van der Waals surface area contributed by atoms with Gasteiger partial charge in [-0.05, 0) is 19.1 Å². The molecule has 1 saturated heterocycles. The van der Waals surface area contributed by atoms with E-state index in [1.807, 2.05) is 30.0 Å². The van der Waals surface area contributed by atoms with Gasteiger partial charge in [-0.3, -0.25) is 14.5 Å². The fraction of sp³-hybridized carbons (Fsp3) is 0.412. The van der Waals surface area contributed by atoms with Gasteiger partial charge in [-0.2, -0.15) is 0 Å². The van der Waals surface area contributed by atoms with Crippen LogP contribution in [0.25, 0.3) is 10.9 Å². The number of carboxylic acid groups (broad SMARTS) is 1. The summed E-state index contributed by atoms with van der Waals surface area (Å²) in [7, 11) is 0. The number of amides is 1. The minimum atomic E-state index is -0.858. The Hall–Kier alpha value is -2.34. The van der Waals surface area contributed by atoms with Crippen molar-refractivity contribution in [3.8, 4) is 0 Å². The highest BCUT2D eigenvalue weighted by Crippen LogP contribution is 2.30. The van der Waals surface area contributed by atoms with Gasteiger partial charge in [0.2, 0.25) is 5.91 Å². The molecule has 0 spiro atoms. The molecular weight excluding hydrogens is 294 g/mol. The lowest BCUT2D eigenvalue weighted by atomic mass is 10.0. The van der Waals surface area contributed by atoms with E-state index in [1.54, 1.807) is 18.0 Å². The third-order valence-corrected chi connectivity index (χ3v) is 4.52. The molecule has 0 radical (unpaired) electrons. The van der Waals surface area contributed by atoms with Crippen LogP contribution < -0.4 is 0 Å². The van der Waals surface area contributed by atoms with Crippen molar-refractivity contribution in [2.24, 2.45) is 0 Å². The largest absolute Gasteiger partial charge is 0.480 e. The molecule has 0 saturated carbocycles. The number of nitrogens with one attached hydrogen (secondary N) is 1. The quantitative estimate of drug-likeness (QED) is 0.905. The lowest BCUT2D eigenvalue weighted by Gasteiger charge is -2.37. The summed E-state index contributed by atoms with van der Waals surface area (Å²) in [5, 5.41) is 10.7. The molecule has 1 aliphatic rings. The summed E-state index contributed by atoms with van der Waals surface area (Å²) < 4.78 is 0. The van der Waals surface area contributed by atoms with Crippen molar-refractivity contribution in [3.05, 3.63) is 35.5 Å². The third-order valence-electron chi connectivity index (χ3n) is 4.52. The van der Waals surface area contributed by atoms with Crippen LogP contribution in [0.15, 0.2) is 24.4 Å². The Morgan fingerprint density at radius 1 is 1.22 bits per heavy atom. The molecule has 2 aromatic rings. The zero-order chi connectivity index (χ0) is 16.6. The Morgan fingerprint density at radius 3 is 2.52 bits per heavy atom. The van der Waals surface area contributed by atoms with Crippen molar-refractivity contribution in [3.63, 3.8) is 0 Å². The molecule has 0 bridgehead atoms. The zero-order valence-corrected chi connectivity index (χ0v) is 13.4. The summed E-state index contributed by atoms with van der Waals surface area (Å²) in [6, 6.07) is 5.30. The summed E-state index contributed by atoms with van der Waals surface area (Å²) in [5.41, 5.74) is 2.83. The van der Waals surface area contributed by atoms with Crippen LogP contribution in [0.4, 0.5) is 0 Å². The molecule has 6 heteroatoms. The first-order chi connectivity index (χ1) is 11.0. The number of benzene rings is 1. The highest BCUT2D eigenvalue weighted by molar-refractivity contribution is 5.89. The molecular formula is C17H21N3O3. The number of aromatic amines is 1. The number of hydrogen-bond acceptors (Lipinski definition) is 3. The van der Waals surface area contributed by atoms with Crippen LogP contribution in [0.3, 0.4) is 0 Å². The van der Waals surface area contributed by atoms with Crippen molar-refractivity contribution in [2.45, 2.75) is 19.9 Å². The first-order valence-electron chi connectivity index (χ1n) is 7.77. The van der Waals surface area contributed by atoms with Gasteiger partial charge in [-0.25, -0.2) is 0 Å². The Morgan fingerprint density at radius 2 is 1.91 bits per heavy atom. The molecule has 1 fully saturated rings. The van der Waals surface area contributed by atoms with Crippen molar-refractivity contribution in [1.82, 2.24) is 14.8 Å². The second-order valence-electron chi connectivity index (χ2n) is 6.08. The number of fused-ring (bicyclic) bond motifs is 1. The van der Waals surface area contributed by atoms with Crippen molar-refractivity contribution in [2.75, 3.05) is 26.2 Å². The van der Waals surface area contributed by atoms with Crippen molar-refractivity contribution in [1.29, 1.82) is 0 Å². The van der Waals surface area contributed by atoms with E-state index in [-0.39, 0.29) is 5.91 Å². The molecule has 122 valence electrons. The summed E-state index contributed by atoms with van der Waals surface area (Å²) in [6.45, 7) is 5.81. The zero-order valence-electron chi connectivity index (χ0n) is 13.4. The number of rotatable bonds is 3. The van der Waals surface area contributed by atoms with Crippen LogP contribution in [-0.2, 0) is 9.59 Å². The molecule has 1 aliphatic heterocycles. The number of H-pyrrole nitrogens is 1. The van der Waals surface area contributed by atoms with E-state index in [0.717, 1.165) is 22.0 Å². The summed E-state index contributed by atoms with van der Waals surface area (Å²) >= 11 is 0. The maximum atomic E-state index is 11.9. The average molecular weight is 315 g/mol. The smallest absolute Gasteiger partial charge is 0.325 e. The lowest BCUT2D eigenvalue weighted by Crippen LogP contribution is -2.50. The molecule has 1 atom stereocenters. The molecule has 1 aromatic carbocycles. The van der Waals surface area contributed by atoms with E-state index in [9.17, 15) is 14.7 Å². The van der Waals surface area contributed by atoms with Gasteiger partial charge >= 0.3 is 5.97 Å². The topological polar surface area (TPSA) is 76.6 Å². The minimum Gasteiger partial charge on any atom is -0.480 e. The SMILES string of the molecule is CC(=O)N1CCN([C@H](C(=O)O)c2c[nH]c3ccc(C)cc23)CC1. The Bertz CT molecular complexity index is 745. The van der Waals surface area contributed by atoms with Crippen LogP contribution in [0, 0.1) is 6.92 Å². The number of piperazine rings is 1. The summed E-state index contributed by atoms with van der Waals surface area (Å²) in [6.07, 6.45) is 1.79. The maximum Gasteiger partial charge on any atom is 0.325 e. The van der Waals surface area contributed by atoms with Gasteiger partial charge in [-0.15, -0.1) is 0 Å². The fourth-order valence-corrected chi connectivity index (χ4v) is 3.26. The van der Waals surface area contributed by atoms with Crippen molar-refractivity contribution >= 4 is 22.8 Å².